The third-order valence-electron chi connectivity index (χ3n) is 3.06. The van der Waals surface area contributed by atoms with Gasteiger partial charge in [-0.15, -0.1) is 0 Å². The number of hydrogen-bond donors (Lipinski definition) is 2. The molecule has 0 unspecified atom stereocenters. The van der Waals surface area contributed by atoms with E-state index in [4.69, 9.17) is 10.5 Å². The number of nitrogens with two attached hydrogens (primary N) is 1. The minimum Gasteiger partial charge on any atom is -0.497 e. The van der Waals surface area contributed by atoms with Gasteiger partial charge < -0.3 is 20.5 Å². The fourth-order valence-electron chi connectivity index (χ4n) is 2.01. The van der Waals surface area contributed by atoms with E-state index >= 15 is 0 Å². The van der Waals surface area contributed by atoms with E-state index in [-0.39, 0.29) is 5.56 Å². The Morgan fingerprint density at radius 2 is 2.05 bits per heavy atom. The molecule has 2 rings (SSSR count). The molecule has 0 bridgehead atoms. The minimum absolute atomic E-state index is 0.0889. The Bertz CT molecular complexity index is 641. The minimum atomic E-state index is -1.05. The van der Waals surface area contributed by atoms with Crippen molar-refractivity contribution in [3.05, 3.63) is 47.7 Å². The highest BCUT2D eigenvalue weighted by Crippen LogP contribution is 2.21. The van der Waals surface area contributed by atoms with Gasteiger partial charge in [0.1, 0.15) is 17.1 Å². The number of hydrogen-bond acceptors (Lipinski definition) is 5. The second-order valence-electron chi connectivity index (χ2n) is 4.65. The molecule has 0 saturated heterocycles. The van der Waals surface area contributed by atoms with Gasteiger partial charge in [0.05, 0.1) is 19.0 Å². The molecule has 1 aromatic carbocycles. The summed E-state index contributed by atoms with van der Waals surface area (Å²) in [6, 6.07) is 8.98. The maximum atomic E-state index is 11.3. The lowest BCUT2D eigenvalue weighted by Crippen LogP contribution is -2.21. The zero-order valence-corrected chi connectivity index (χ0v) is 11.9. The largest absolute Gasteiger partial charge is 0.497 e. The molecule has 1 heterocycles. The summed E-state index contributed by atoms with van der Waals surface area (Å²) < 4.78 is 5.10. The number of carboxylic acid groups (broad SMARTS) is 1. The maximum Gasteiger partial charge on any atom is 0.339 e. The van der Waals surface area contributed by atoms with Crippen molar-refractivity contribution in [3.8, 4) is 5.75 Å². The molecule has 0 amide bonds. The summed E-state index contributed by atoms with van der Waals surface area (Å²) in [4.78, 5) is 17.2. The third kappa shape index (κ3) is 3.42. The van der Waals surface area contributed by atoms with Crippen LogP contribution in [0.15, 0.2) is 36.5 Å². The molecular weight excluding hydrogens is 270 g/mol. The number of carbonyl (C=O) groups is 1. The normalized spacial score (nSPS) is 10.2. The molecule has 6 heteroatoms. The van der Waals surface area contributed by atoms with Crippen molar-refractivity contribution in [1.82, 2.24) is 4.98 Å². The van der Waals surface area contributed by atoms with Crippen LogP contribution in [-0.2, 0) is 6.54 Å². The first-order chi connectivity index (χ1) is 10.0. The molecule has 3 N–H and O–H groups in total. The van der Waals surface area contributed by atoms with Crippen molar-refractivity contribution in [2.45, 2.75) is 6.54 Å². The number of carboxylic acids is 1. The van der Waals surface area contributed by atoms with Crippen LogP contribution in [0.1, 0.15) is 15.9 Å². The molecule has 0 spiro atoms. The van der Waals surface area contributed by atoms with Crippen molar-refractivity contribution in [3.63, 3.8) is 0 Å². The van der Waals surface area contributed by atoms with Crippen molar-refractivity contribution in [2.75, 3.05) is 24.8 Å². The zero-order chi connectivity index (χ0) is 15.4. The van der Waals surface area contributed by atoms with E-state index < -0.39 is 5.97 Å². The summed E-state index contributed by atoms with van der Waals surface area (Å²) in [5.74, 6) is 0.108. The molecule has 0 aliphatic heterocycles. The van der Waals surface area contributed by atoms with Gasteiger partial charge in [-0.2, -0.15) is 0 Å². The maximum absolute atomic E-state index is 11.3. The topological polar surface area (TPSA) is 88.7 Å². The fourth-order valence-corrected chi connectivity index (χ4v) is 2.01. The first kappa shape index (κ1) is 14.6. The lowest BCUT2D eigenvalue weighted by Gasteiger charge is -2.20. The number of methoxy groups -OCH3 is 1. The number of rotatable bonds is 5. The Morgan fingerprint density at radius 3 is 2.62 bits per heavy atom. The van der Waals surface area contributed by atoms with E-state index in [2.05, 4.69) is 4.98 Å². The number of pyridine rings is 1. The van der Waals surface area contributed by atoms with Crippen molar-refractivity contribution >= 4 is 17.5 Å². The van der Waals surface area contributed by atoms with E-state index in [0.717, 1.165) is 11.3 Å². The molecule has 1 aromatic heterocycles. The van der Waals surface area contributed by atoms with E-state index in [1.165, 1.54) is 12.3 Å². The average Bonchev–Trinajstić information content (AvgIpc) is 2.47. The summed E-state index contributed by atoms with van der Waals surface area (Å²) in [6.45, 7) is 0.529. The molecule has 2 aromatic rings. The van der Waals surface area contributed by atoms with Crippen LogP contribution in [-0.4, -0.2) is 30.2 Å². The lowest BCUT2D eigenvalue weighted by molar-refractivity contribution is 0.0697. The van der Waals surface area contributed by atoms with E-state index in [1.807, 2.05) is 24.3 Å². The summed E-state index contributed by atoms with van der Waals surface area (Å²) in [5.41, 5.74) is 7.03. The summed E-state index contributed by atoms with van der Waals surface area (Å²) in [6.07, 6.45) is 1.45. The van der Waals surface area contributed by atoms with Gasteiger partial charge in [-0.05, 0) is 23.8 Å². The summed E-state index contributed by atoms with van der Waals surface area (Å²) in [7, 11) is 3.40. The van der Waals surface area contributed by atoms with Crippen LogP contribution < -0.4 is 15.4 Å². The molecule has 110 valence electrons. The van der Waals surface area contributed by atoms with Gasteiger partial charge in [-0.1, -0.05) is 12.1 Å². The second kappa shape index (κ2) is 6.13. The molecule has 21 heavy (non-hydrogen) atoms. The summed E-state index contributed by atoms with van der Waals surface area (Å²) in [5, 5.41) is 9.23. The molecule has 0 radical (unpaired) electrons. The Balaban J connectivity index is 2.23. The molecule has 0 fully saturated rings. The lowest BCUT2D eigenvalue weighted by atomic mass is 10.2. The number of aromatic nitrogens is 1. The van der Waals surface area contributed by atoms with E-state index in [9.17, 15) is 9.90 Å². The summed E-state index contributed by atoms with van der Waals surface area (Å²) >= 11 is 0. The number of aromatic carboxylic acids is 1. The van der Waals surface area contributed by atoms with E-state index in [1.54, 1.807) is 19.1 Å². The van der Waals surface area contributed by atoms with Crippen molar-refractivity contribution in [2.24, 2.45) is 0 Å². The number of benzene rings is 1. The fraction of sp³-hybridized carbons (Fsp3) is 0.200. The Kier molecular flexibility index (Phi) is 4.27. The molecule has 0 saturated carbocycles. The highest BCUT2D eigenvalue weighted by atomic mass is 16.5. The van der Waals surface area contributed by atoms with Gasteiger partial charge in [-0.3, -0.25) is 0 Å². The monoisotopic (exact) mass is 287 g/mol. The Hall–Kier alpha value is -2.76. The van der Waals surface area contributed by atoms with Crippen LogP contribution in [0.5, 0.6) is 5.75 Å². The van der Waals surface area contributed by atoms with Crippen LogP contribution in [0.3, 0.4) is 0 Å². The van der Waals surface area contributed by atoms with Crippen LogP contribution >= 0.6 is 0 Å². The molecule has 0 atom stereocenters. The van der Waals surface area contributed by atoms with E-state index in [0.29, 0.717) is 18.1 Å². The van der Waals surface area contributed by atoms with Gasteiger partial charge in [-0.25, -0.2) is 9.78 Å². The van der Waals surface area contributed by atoms with Crippen molar-refractivity contribution in [1.29, 1.82) is 0 Å². The van der Waals surface area contributed by atoms with Gasteiger partial charge in [0.15, 0.2) is 0 Å². The first-order valence-corrected chi connectivity index (χ1v) is 6.34. The number of anilines is 2. The molecule has 0 aliphatic rings. The first-order valence-electron chi connectivity index (χ1n) is 6.34. The molecule has 6 nitrogen and oxygen atoms in total. The predicted molar refractivity (Wildman–Crippen MR) is 80.7 cm³/mol. The zero-order valence-electron chi connectivity index (χ0n) is 11.9. The molecular formula is C15H17N3O3. The number of nitrogen functional groups attached to an aromatic ring is 1. The average molecular weight is 287 g/mol. The smallest absolute Gasteiger partial charge is 0.339 e. The third-order valence-corrected chi connectivity index (χ3v) is 3.06. The number of ether oxygens (including phenoxy) is 1. The van der Waals surface area contributed by atoms with Crippen LogP contribution in [0.25, 0.3) is 0 Å². The quantitative estimate of drug-likeness (QED) is 0.874. The van der Waals surface area contributed by atoms with Crippen LogP contribution in [0.2, 0.25) is 0 Å². The van der Waals surface area contributed by atoms with Gasteiger partial charge in [0, 0.05) is 13.6 Å². The Labute approximate surface area is 122 Å². The predicted octanol–water partition coefficient (Wildman–Crippen LogP) is 2.01. The van der Waals surface area contributed by atoms with Crippen LogP contribution in [0.4, 0.5) is 11.5 Å². The second-order valence-corrected chi connectivity index (χ2v) is 4.65. The van der Waals surface area contributed by atoms with Gasteiger partial charge >= 0.3 is 5.97 Å². The standard InChI is InChI=1S/C15H17N3O3/c1-18(9-10-3-5-12(21-2)6-4-10)14-13(15(19)20)7-11(16)8-17-14/h3-8H,9,16H2,1-2H3,(H,19,20). The SMILES string of the molecule is COc1ccc(CN(C)c2ncc(N)cc2C(=O)O)cc1. The molecule has 0 aliphatic carbocycles. The van der Waals surface area contributed by atoms with Gasteiger partial charge in [0.25, 0.3) is 0 Å². The highest BCUT2D eigenvalue weighted by molar-refractivity contribution is 5.94. The van der Waals surface area contributed by atoms with Crippen LogP contribution in [0, 0.1) is 0 Å². The van der Waals surface area contributed by atoms with Gasteiger partial charge in [0.2, 0.25) is 0 Å². The highest BCUT2D eigenvalue weighted by Gasteiger charge is 2.15. The van der Waals surface area contributed by atoms with Crippen molar-refractivity contribution < 1.29 is 14.6 Å². The number of nitrogens with zero attached hydrogens (tertiary/aromatic N) is 2. The Morgan fingerprint density at radius 1 is 1.38 bits per heavy atom.